The van der Waals surface area contributed by atoms with Crippen molar-refractivity contribution in [2.75, 3.05) is 159 Å². The van der Waals surface area contributed by atoms with E-state index in [1.54, 1.807) is 0 Å². The highest BCUT2D eigenvalue weighted by Crippen LogP contribution is 2.00. The normalized spacial score (nSPS) is 11.6. The zero-order valence-electron chi connectivity index (χ0n) is 28.9. The van der Waals surface area contributed by atoms with Gasteiger partial charge in [0.05, 0.1) is 171 Å². The summed E-state index contributed by atoms with van der Waals surface area (Å²) in [5.41, 5.74) is 1.16. The minimum Gasteiger partial charge on any atom is -0.377 e. The lowest BCUT2D eigenvalue weighted by Gasteiger charge is -2.09. The minimum atomic E-state index is 0.231. The molecule has 1 aromatic rings. The summed E-state index contributed by atoms with van der Waals surface area (Å²) in [6, 6.07) is 10.1. The summed E-state index contributed by atoms with van der Waals surface area (Å²) in [7, 11) is 0. The van der Waals surface area contributed by atoms with Crippen LogP contribution in [0.1, 0.15) is 19.4 Å². The van der Waals surface area contributed by atoms with Gasteiger partial charge in [-0.25, -0.2) is 0 Å². The molecule has 0 amide bonds. The maximum absolute atomic E-state index is 5.57. The van der Waals surface area contributed by atoms with Crippen LogP contribution in [-0.2, 0) is 68.2 Å². The van der Waals surface area contributed by atoms with Crippen LogP contribution in [0.15, 0.2) is 30.3 Å². The van der Waals surface area contributed by atoms with E-state index < -0.39 is 0 Å². The van der Waals surface area contributed by atoms with Crippen molar-refractivity contribution in [1.29, 1.82) is 0 Å². The third-order valence-corrected chi connectivity index (χ3v) is 5.88. The first-order chi connectivity index (χ1) is 23.3. The molecule has 0 N–H and O–H groups in total. The van der Waals surface area contributed by atoms with Crippen molar-refractivity contribution >= 4 is 0 Å². The van der Waals surface area contributed by atoms with Crippen molar-refractivity contribution in [1.82, 2.24) is 0 Å². The maximum Gasteiger partial charge on any atom is 0.0718 e. The molecule has 0 spiro atoms. The van der Waals surface area contributed by atoms with Crippen LogP contribution in [0.3, 0.4) is 0 Å². The van der Waals surface area contributed by atoms with Gasteiger partial charge in [-0.3, -0.25) is 0 Å². The minimum absolute atomic E-state index is 0.231. The Morgan fingerprint density at radius 2 is 0.553 bits per heavy atom. The molecule has 0 aliphatic rings. The van der Waals surface area contributed by atoms with E-state index in [-0.39, 0.29) is 6.10 Å². The Kier molecular flexibility index (Phi) is 34.9. The topological polar surface area (TPSA) is 120 Å². The smallest absolute Gasteiger partial charge is 0.0718 e. The molecule has 0 bridgehead atoms. The van der Waals surface area contributed by atoms with Gasteiger partial charge in [0.2, 0.25) is 0 Å². The summed E-state index contributed by atoms with van der Waals surface area (Å²) in [4.78, 5) is 0. The van der Waals surface area contributed by atoms with Crippen LogP contribution in [0, 0.1) is 0 Å². The highest BCUT2D eigenvalue weighted by molar-refractivity contribution is 5.13. The standard InChI is InChI=1S/C34H62O13/c1-33(2)47-31-30-45-27-26-43-23-22-41-19-18-39-15-14-37-11-10-35-8-9-36-12-13-38-16-17-40-20-21-42-24-25-44-28-29-46-32-34-6-4-3-5-7-34/h3-7,33H,8-32H2,1-2H3. The second-order valence-corrected chi connectivity index (χ2v) is 10.2. The Bertz CT molecular complexity index is 715. The van der Waals surface area contributed by atoms with Gasteiger partial charge in [-0.2, -0.15) is 0 Å². The average Bonchev–Trinajstić information content (AvgIpc) is 3.08. The Balaban J connectivity index is 1.61. The molecule has 276 valence electrons. The third kappa shape index (κ3) is 35.8. The van der Waals surface area contributed by atoms with Crippen LogP contribution in [0.25, 0.3) is 0 Å². The SMILES string of the molecule is CC(C)OCCOCCOCCOCCOCCOCCOCCOCCOCCOCCOCCOCCOCc1ccccc1. The zero-order chi connectivity index (χ0) is 33.6. The van der Waals surface area contributed by atoms with Gasteiger partial charge in [0.1, 0.15) is 0 Å². The Labute approximate surface area is 282 Å². The van der Waals surface area contributed by atoms with Crippen molar-refractivity contribution in [3.63, 3.8) is 0 Å². The molecule has 47 heavy (non-hydrogen) atoms. The summed E-state index contributed by atoms with van der Waals surface area (Å²) in [5.74, 6) is 0. The average molecular weight is 679 g/mol. The molecule has 0 aliphatic carbocycles. The lowest BCUT2D eigenvalue weighted by Crippen LogP contribution is -2.15. The summed E-state index contributed by atoms with van der Waals surface area (Å²) < 4.78 is 71.2. The Morgan fingerprint density at radius 1 is 0.319 bits per heavy atom. The van der Waals surface area contributed by atoms with Crippen LogP contribution in [0.5, 0.6) is 0 Å². The fourth-order valence-electron chi connectivity index (χ4n) is 3.53. The zero-order valence-corrected chi connectivity index (χ0v) is 28.9. The van der Waals surface area contributed by atoms with Crippen LogP contribution >= 0.6 is 0 Å². The lowest BCUT2D eigenvalue weighted by molar-refractivity contribution is -0.0299. The van der Waals surface area contributed by atoms with Crippen LogP contribution in [-0.4, -0.2) is 165 Å². The number of ether oxygens (including phenoxy) is 13. The molecule has 0 atom stereocenters. The van der Waals surface area contributed by atoms with E-state index in [4.69, 9.17) is 61.6 Å². The van der Waals surface area contributed by atoms with E-state index in [0.29, 0.717) is 165 Å². The third-order valence-electron chi connectivity index (χ3n) is 5.88. The Hall–Kier alpha value is -1.30. The molecule has 13 nitrogen and oxygen atoms in total. The van der Waals surface area contributed by atoms with Crippen molar-refractivity contribution in [2.24, 2.45) is 0 Å². The van der Waals surface area contributed by atoms with E-state index >= 15 is 0 Å². The first-order valence-electron chi connectivity index (χ1n) is 16.9. The highest BCUT2D eigenvalue weighted by Gasteiger charge is 1.98. The molecule has 0 aliphatic heterocycles. The fraction of sp³-hybridized carbons (Fsp3) is 0.824. The van der Waals surface area contributed by atoms with Crippen molar-refractivity contribution in [3.8, 4) is 0 Å². The molecular formula is C34H62O13. The first-order valence-corrected chi connectivity index (χ1v) is 16.9. The molecule has 0 unspecified atom stereocenters. The van der Waals surface area contributed by atoms with Gasteiger partial charge in [0.25, 0.3) is 0 Å². The Morgan fingerprint density at radius 3 is 0.809 bits per heavy atom. The van der Waals surface area contributed by atoms with E-state index in [1.165, 1.54) is 0 Å². The molecule has 0 saturated heterocycles. The van der Waals surface area contributed by atoms with Gasteiger partial charge in [-0.15, -0.1) is 0 Å². The highest BCUT2D eigenvalue weighted by atomic mass is 16.6. The largest absolute Gasteiger partial charge is 0.377 e. The summed E-state index contributed by atoms with van der Waals surface area (Å²) >= 11 is 0. The molecule has 13 heteroatoms. The quantitative estimate of drug-likeness (QED) is 0.0951. The van der Waals surface area contributed by atoms with E-state index in [2.05, 4.69) is 0 Å². The second kappa shape index (κ2) is 37.5. The number of rotatable bonds is 39. The van der Waals surface area contributed by atoms with Crippen molar-refractivity contribution in [2.45, 2.75) is 26.6 Å². The molecule has 0 fully saturated rings. The van der Waals surface area contributed by atoms with E-state index in [1.807, 2.05) is 44.2 Å². The lowest BCUT2D eigenvalue weighted by atomic mass is 10.2. The van der Waals surface area contributed by atoms with Crippen LogP contribution in [0.2, 0.25) is 0 Å². The van der Waals surface area contributed by atoms with Gasteiger partial charge >= 0.3 is 0 Å². The molecule has 1 rings (SSSR count). The summed E-state index contributed by atoms with van der Waals surface area (Å²) in [5, 5.41) is 0. The molecular weight excluding hydrogens is 616 g/mol. The van der Waals surface area contributed by atoms with E-state index in [0.717, 1.165) is 5.56 Å². The van der Waals surface area contributed by atoms with Gasteiger partial charge in [0.15, 0.2) is 0 Å². The summed E-state index contributed by atoms with van der Waals surface area (Å²) in [6.45, 7) is 17.4. The van der Waals surface area contributed by atoms with Gasteiger partial charge in [0, 0.05) is 0 Å². The van der Waals surface area contributed by atoms with Gasteiger partial charge in [-0.1, -0.05) is 30.3 Å². The molecule has 0 saturated carbocycles. The number of hydrogen-bond donors (Lipinski definition) is 0. The van der Waals surface area contributed by atoms with Crippen molar-refractivity contribution in [3.05, 3.63) is 35.9 Å². The monoisotopic (exact) mass is 678 g/mol. The molecule has 0 radical (unpaired) electrons. The summed E-state index contributed by atoms with van der Waals surface area (Å²) in [6.07, 6.45) is 0.231. The second-order valence-electron chi connectivity index (χ2n) is 10.2. The van der Waals surface area contributed by atoms with Gasteiger partial charge < -0.3 is 61.6 Å². The van der Waals surface area contributed by atoms with Crippen LogP contribution < -0.4 is 0 Å². The van der Waals surface area contributed by atoms with E-state index in [9.17, 15) is 0 Å². The molecule has 0 aromatic heterocycles. The fourth-order valence-corrected chi connectivity index (χ4v) is 3.53. The number of hydrogen-bond acceptors (Lipinski definition) is 13. The molecule has 0 heterocycles. The van der Waals surface area contributed by atoms with Gasteiger partial charge in [-0.05, 0) is 19.4 Å². The maximum atomic E-state index is 5.57. The predicted octanol–water partition coefficient (Wildman–Crippen LogP) is 2.81. The molecule has 1 aromatic carbocycles. The van der Waals surface area contributed by atoms with Crippen molar-refractivity contribution < 1.29 is 61.6 Å². The predicted molar refractivity (Wildman–Crippen MR) is 176 cm³/mol. The van der Waals surface area contributed by atoms with Crippen LogP contribution in [0.4, 0.5) is 0 Å². The number of benzene rings is 1. The first kappa shape index (κ1) is 43.7.